The van der Waals surface area contributed by atoms with Crippen molar-refractivity contribution in [1.29, 1.82) is 0 Å². The van der Waals surface area contributed by atoms with Gasteiger partial charge in [-0.3, -0.25) is 0 Å². The molecule has 0 aromatic heterocycles. The van der Waals surface area contributed by atoms with Crippen molar-refractivity contribution in [2.45, 2.75) is 152 Å². The molecular formula is C28H60NO12+. The van der Waals surface area contributed by atoms with E-state index in [2.05, 4.69) is 0 Å². The Morgan fingerprint density at radius 2 is 0.463 bits per heavy atom. The van der Waals surface area contributed by atoms with Crippen LogP contribution in [0.1, 0.15) is 79.1 Å². The highest BCUT2D eigenvalue weighted by atomic mass is 16.3. The molecule has 0 aromatic carbocycles. The molecule has 0 amide bonds. The van der Waals surface area contributed by atoms with E-state index in [1.807, 2.05) is 0 Å². The van der Waals surface area contributed by atoms with E-state index < -0.39 is 73.2 Å². The average molecular weight is 603 g/mol. The molecule has 0 saturated heterocycles. The number of nitrogens with zero attached hydrogens (tertiary/aromatic N) is 1. The summed E-state index contributed by atoms with van der Waals surface area (Å²) in [7, 11) is 0. The Hall–Kier alpha value is -0.520. The number of aliphatic hydroxyl groups excluding tert-OH is 12. The molecule has 0 saturated carbocycles. The van der Waals surface area contributed by atoms with Crippen LogP contribution in [0.15, 0.2) is 0 Å². The standard InChI is InChI=1S/C28H60NO12/c1-17(30)5-21(34)9-25(38)13-29(14-26(39)10-22(35)6-18(2)31,15-27(40)11-23(36)7-19(3)32)16-28(41)12-24(37)8-20(4)33/h17-28,30-41H,5-16H2,1-4H3/q+1. The van der Waals surface area contributed by atoms with E-state index in [9.17, 15) is 61.3 Å². The molecule has 0 spiro atoms. The quantitative estimate of drug-likeness (QED) is 0.0506. The van der Waals surface area contributed by atoms with Crippen molar-refractivity contribution in [2.75, 3.05) is 26.2 Å². The van der Waals surface area contributed by atoms with Crippen molar-refractivity contribution in [3.8, 4) is 0 Å². The molecule has 0 bridgehead atoms. The maximum absolute atomic E-state index is 11.0. The zero-order valence-electron chi connectivity index (χ0n) is 25.2. The molecule has 41 heavy (non-hydrogen) atoms. The molecule has 0 aliphatic rings. The van der Waals surface area contributed by atoms with Gasteiger partial charge in [0.25, 0.3) is 0 Å². The number of quaternary nitrogens is 1. The van der Waals surface area contributed by atoms with Crippen LogP contribution < -0.4 is 0 Å². The minimum Gasteiger partial charge on any atom is -0.393 e. The van der Waals surface area contributed by atoms with Crippen LogP contribution in [0.5, 0.6) is 0 Å². The summed E-state index contributed by atoms with van der Waals surface area (Å²) in [6, 6.07) is 0. The zero-order chi connectivity index (χ0) is 31.9. The predicted octanol–water partition coefficient (Wildman–Crippen LogP) is -2.67. The first-order valence-corrected chi connectivity index (χ1v) is 14.8. The average Bonchev–Trinajstić information content (AvgIpc) is 2.69. The normalized spacial score (nSPS) is 22.8. The lowest BCUT2D eigenvalue weighted by Crippen LogP contribution is -2.62. The van der Waals surface area contributed by atoms with E-state index in [1.165, 1.54) is 27.7 Å². The van der Waals surface area contributed by atoms with Crippen molar-refractivity contribution in [3.63, 3.8) is 0 Å². The molecule has 0 aliphatic heterocycles. The number of hydrogen-bond donors (Lipinski definition) is 12. The fourth-order valence-corrected chi connectivity index (χ4v) is 5.75. The second kappa shape index (κ2) is 20.4. The molecular weight excluding hydrogens is 542 g/mol. The third-order valence-corrected chi connectivity index (χ3v) is 7.02. The lowest BCUT2D eigenvalue weighted by Gasteiger charge is -2.44. The largest absolute Gasteiger partial charge is 0.393 e. The first-order chi connectivity index (χ1) is 18.8. The first-order valence-electron chi connectivity index (χ1n) is 14.8. The third kappa shape index (κ3) is 20.9. The van der Waals surface area contributed by atoms with Gasteiger partial charge < -0.3 is 65.8 Å². The number of rotatable bonds is 24. The van der Waals surface area contributed by atoms with Crippen LogP contribution in [0.3, 0.4) is 0 Å². The van der Waals surface area contributed by atoms with Gasteiger partial charge in [-0.25, -0.2) is 0 Å². The highest BCUT2D eigenvalue weighted by molar-refractivity contribution is 4.75. The molecule has 0 fully saturated rings. The van der Waals surface area contributed by atoms with Gasteiger partial charge in [0.2, 0.25) is 0 Å². The third-order valence-electron chi connectivity index (χ3n) is 7.02. The Labute approximate surface area is 244 Å². The zero-order valence-corrected chi connectivity index (χ0v) is 25.2. The van der Waals surface area contributed by atoms with Gasteiger partial charge in [0, 0.05) is 25.7 Å². The predicted molar refractivity (Wildman–Crippen MR) is 151 cm³/mol. The van der Waals surface area contributed by atoms with Crippen LogP contribution in [0.2, 0.25) is 0 Å². The topological polar surface area (TPSA) is 243 Å². The summed E-state index contributed by atoms with van der Waals surface area (Å²) in [5.41, 5.74) is 0. The summed E-state index contributed by atoms with van der Waals surface area (Å²) < 4.78 is -0.323. The van der Waals surface area contributed by atoms with Gasteiger partial charge in [0.05, 0.1) is 48.8 Å². The van der Waals surface area contributed by atoms with Crippen molar-refractivity contribution in [1.82, 2.24) is 0 Å². The SMILES string of the molecule is CC(O)CC(O)CC(O)C[N+](CC(O)CC(O)CC(C)O)(CC(O)CC(O)CC(C)O)CC(O)CC(O)CC(C)O. The van der Waals surface area contributed by atoms with Crippen LogP contribution in [-0.4, -0.2) is 165 Å². The molecule has 13 heteroatoms. The van der Waals surface area contributed by atoms with Crippen LogP contribution in [0.4, 0.5) is 0 Å². The summed E-state index contributed by atoms with van der Waals surface area (Å²) in [5, 5.41) is 123. The van der Waals surface area contributed by atoms with Gasteiger partial charge in [-0.05, 0) is 53.4 Å². The van der Waals surface area contributed by atoms with E-state index in [4.69, 9.17) is 0 Å². The van der Waals surface area contributed by atoms with Gasteiger partial charge in [-0.1, -0.05) is 0 Å². The van der Waals surface area contributed by atoms with Gasteiger partial charge >= 0.3 is 0 Å². The van der Waals surface area contributed by atoms with E-state index in [1.54, 1.807) is 0 Å². The summed E-state index contributed by atoms with van der Waals surface area (Å²) in [6.45, 7) is 5.29. The summed E-state index contributed by atoms with van der Waals surface area (Å²) in [6.07, 6.45) is -12.9. The smallest absolute Gasteiger partial charge is 0.105 e. The summed E-state index contributed by atoms with van der Waals surface area (Å²) in [4.78, 5) is 0. The van der Waals surface area contributed by atoms with Gasteiger partial charge in [0.15, 0.2) is 0 Å². The molecule has 248 valence electrons. The summed E-state index contributed by atoms with van der Waals surface area (Å²) >= 11 is 0. The molecule has 0 radical (unpaired) electrons. The Bertz CT molecular complexity index is 544. The van der Waals surface area contributed by atoms with Gasteiger partial charge in [-0.2, -0.15) is 0 Å². The second-order valence-electron chi connectivity index (χ2n) is 12.6. The number of aliphatic hydroxyl groups is 12. The lowest BCUT2D eigenvalue weighted by atomic mass is 9.98. The van der Waals surface area contributed by atoms with Gasteiger partial charge in [0.1, 0.15) is 50.6 Å². The minimum absolute atomic E-state index is 0.00748. The Morgan fingerprint density at radius 1 is 0.293 bits per heavy atom. The molecule has 13 nitrogen and oxygen atoms in total. The Kier molecular flexibility index (Phi) is 20.2. The molecule has 12 unspecified atom stereocenters. The van der Waals surface area contributed by atoms with Crippen LogP contribution in [0.25, 0.3) is 0 Å². The summed E-state index contributed by atoms with van der Waals surface area (Å²) in [5.74, 6) is 0. The maximum Gasteiger partial charge on any atom is 0.105 e. The van der Waals surface area contributed by atoms with Crippen molar-refractivity contribution >= 4 is 0 Å². The van der Waals surface area contributed by atoms with Crippen LogP contribution >= 0.6 is 0 Å². The molecule has 12 atom stereocenters. The molecule has 0 rings (SSSR count). The van der Waals surface area contributed by atoms with Crippen LogP contribution in [0, 0.1) is 0 Å². The van der Waals surface area contributed by atoms with E-state index in [0.29, 0.717) is 0 Å². The van der Waals surface area contributed by atoms with Crippen molar-refractivity contribution < 1.29 is 65.8 Å². The van der Waals surface area contributed by atoms with E-state index >= 15 is 0 Å². The van der Waals surface area contributed by atoms with E-state index in [-0.39, 0.29) is 82.0 Å². The molecule has 0 aromatic rings. The Morgan fingerprint density at radius 3 is 0.610 bits per heavy atom. The molecule has 0 aliphatic carbocycles. The highest BCUT2D eigenvalue weighted by Gasteiger charge is 2.39. The molecule has 12 N–H and O–H groups in total. The first kappa shape index (κ1) is 40.5. The fourth-order valence-electron chi connectivity index (χ4n) is 5.75. The van der Waals surface area contributed by atoms with Crippen LogP contribution in [-0.2, 0) is 0 Å². The molecule has 0 heterocycles. The number of hydrogen-bond acceptors (Lipinski definition) is 12. The van der Waals surface area contributed by atoms with Gasteiger partial charge in [-0.15, -0.1) is 0 Å². The maximum atomic E-state index is 11.0. The minimum atomic E-state index is -1.21. The monoisotopic (exact) mass is 602 g/mol. The highest BCUT2D eigenvalue weighted by Crippen LogP contribution is 2.22. The lowest BCUT2D eigenvalue weighted by molar-refractivity contribution is -0.939. The fraction of sp³-hybridized carbons (Fsp3) is 1.00. The van der Waals surface area contributed by atoms with Crippen molar-refractivity contribution in [3.05, 3.63) is 0 Å². The van der Waals surface area contributed by atoms with Crippen molar-refractivity contribution in [2.24, 2.45) is 0 Å². The van der Waals surface area contributed by atoms with E-state index in [0.717, 1.165) is 0 Å². The second-order valence-corrected chi connectivity index (χ2v) is 12.6. The Balaban J connectivity index is 6.16.